The number of benzene rings is 1. The number of amides is 3. The first-order chi connectivity index (χ1) is 15.0. The summed E-state index contributed by atoms with van der Waals surface area (Å²) >= 11 is 0. The van der Waals surface area contributed by atoms with Gasteiger partial charge in [0, 0.05) is 12.6 Å². The van der Waals surface area contributed by atoms with Gasteiger partial charge in [0.05, 0.1) is 16.7 Å². The molecule has 7 heteroatoms. The van der Waals surface area contributed by atoms with Gasteiger partial charge in [-0.25, -0.2) is 4.79 Å². The van der Waals surface area contributed by atoms with E-state index in [-0.39, 0.29) is 41.5 Å². The van der Waals surface area contributed by atoms with Crippen molar-refractivity contribution in [2.75, 3.05) is 13.2 Å². The molecule has 166 valence electrons. The summed E-state index contributed by atoms with van der Waals surface area (Å²) in [4.78, 5) is 51.4. The van der Waals surface area contributed by atoms with Crippen LogP contribution >= 0.6 is 0 Å². The Hall–Kier alpha value is -2.70. The van der Waals surface area contributed by atoms with Gasteiger partial charge in [0.15, 0.2) is 6.61 Å². The zero-order valence-electron chi connectivity index (χ0n) is 17.9. The summed E-state index contributed by atoms with van der Waals surface area (Å²) in [5, 5.41) is 2.83. The standard InChI is InChI=1S/C24H30N2O5/c27-21(25-14-16-7-3-1-4-8-16)15-31-24(30)17-11-12-19-20(13-17)23(29)26(22(19)28)18-9-5-2-6-10-18/h11-13,16,18H,1-10,14-15H2,(H,25,27). The SMILES string of the molecule is O=C(COC(=O)c1ccc2c(c1)C(=O)N(C1CCCCC1)C2=O)NCC1CCCCC1. The molecule has 0 saturated heterocycles. The predicted molar refractivity (Wildman–Crippen MR) is 114 cm³/mol. The molecule has 0 aromatic heterocycles. The van der Waals surface area contributed by atoms with Crippen LogP contribution in [0, 0.1) is 5.92 Å². The Morgan fingerprint density at radius 3 is 2.26 bits per heavy atom. The molecular weight excluding hydrogens is 396 g/mol. The third-order valence-corrected chi connectivity index (χ3v) is 6.74. The quantitative estimate of drug-likeness (QED) is 0.555. The summed E-state index contributed by atoms with van der Waals surface area (Å²) in [5.74, 6) is -1.12. The molecule has 3 amide bonds. The van der Waals surface area contributed by atoms with Crippen molar-refractivity contribution >= 4 is 23.7 Å². The smallest absolute Gasteiger partial charge is 0.338 e. The van der Waals surface area contributed by atoms with Crippen molar-refractivity contribution in [1.82, 2.24) is 10.2 Å². The van der Waals surface area contributed by atoms with Crippen molar-refractivity contribution in [3.63, 3.8) is 0 Å². The average molecular weight is 427 g/mol. The van der Waals surface area contributed by atoms with Crippen LogP contribution in [0.4, 0.5) is 0 Å². The van der Waals surface area contributed by atoms with Crippen LogP contribution in [0.3, 0.4) is 0 Å². The number of imide groups is 1. The molecule has 2 fully saturated rings. The molecule has 0 unspecified atom stereocenters. The summed E-state index contributed by atoms with van der Waals surface area (Å²) < 4.78 is 5.13. The van der Waals surface area contributed by atoms with Crippen molar-refractivity contribution in [3.8, 4) is 0 Å². The molecular formula is C24H30N2O5. The van der Waals surface area contributed by atoms with Gasteiger partial charge in [0.1, 0.15) is 0 Å². The van der Waals surface area contributed by atoms with Gasteiger partial charge >= 0.3 is 5.97 Å². The number of esters is 1. The van der Waals surface area contributed by atoms with Crippen LogP contribution < -0.4 is 5.32 Å². The third-order valence-electron chi connectivity index (χ3n) is 6.74. The van der Waals surface area contributed by atoms with E-state index in [1.54, 1.807) is 0 Å². The molecule has 31 heavy (non-hydrogen) atoms. The van der Waals surface area contributed by atoms with Gasteiger partial charge in [-0.05, 0) is 49.8 Å². The molecule has 0 spiro atoms. The van der Waals surface area contributed by atoms with E-state index in [0.717, 1.165) is 44.9 Å². The Morgan fingerprint density at radius 2 is 1.55 bits per heavy atom. The first kappa shape index (κ1) is 21.5. The van der Waals surface area contributed by atoms with E-state index in [1.165, 1.54) is 42.4 Å². The number of hydrogen-bond donors (Lipinski definition) is 1. The largest absolute Gasteiger partial charge is 0.452 e. The Kier molecular flexibility index (Phi) is 6.68. The first-order valence-electron chi connectivity index (χ1n) is 11.5. The van der Waals surface area contributed by atoms with Gasteiger partial charge in [0.2, 0.25) is 0 Å². The van der Waals surface area contributed by atoms with Crippen molar-refractivity contribution in [1.29, 1.82) is 0 Å². The Labute approximate surface area is 182 Å². The second-order valence-electron chi connectivity index (χ2n) is 8.92. The number of nitrogens with zero attached hydrogens (tertiary/aromatic N) is 1. The molecule has 1 aromatic rings. The van der Waals surface area contributed by atoms with Gasteiger partial charge < -0.3 is 10.1 Å². The summed E-state index contributed by atoms with van der Waals surface area (Å²) in [6.07, 6.45) is 10.7. The number of ether oxygens (including phenoxy) is 1. The fourth-order valence-corrected chi connectivity index (χ4v) is 4.97. The van der Waals surface area contributed by atoms with Crippen LogP contribution in [0.2, 0.25) is 0 Å². The van der Waals surface area contributed by atoms with E-state index in [9.17, 15) is 19.2 Å². The normalized spacial score (nSPS) is 19.9. The summed E-state index contributed by atoms with van der Waals surface area (Å²) in [6.45, 7) is 0.257. The molecule has 1 aliphatic heterocycles. The molecule has 1 N–H and O–H groups in total. The van der Waals surface area contributed by atoms with Crippen LogP contribution in [-0.4, -0.2) is 47.8 Å². The van der Waals surface area contributed by atoms with Crippen LogP contribution in [0.15, 0.2) is 18.2 Å². The monoisotopic (exact) mass is 426 g/mol. The number of rotatable bonds is 6. The average Bonchev–Trinajstić information content (AvgIpc) is 3.06. The van der Waals surface area contributed by atoms with Crippen LogP contribution in [-0.2, 0) is 9.53 Å². The minimum atomic E-state index is -0.674. The van der Waals surface area contributed by atoms with Gasteiger partial charge in [-0.3, -0.25) is 19.3 Å². The molecule has 0 atom stereocenters. The Morgan fingerprint density at radius 1 is 0.903 bits per heavy atom. The summed E-state index contributed by atoms with van der Waals surface area (Å²) in [6, 6.07) is 4.35. The predicted octanol–water partition coefficient (Wildman–Crippen LogP) is 3.47. The van der Waals surface area contributed by atoms with Crippen molar-refractivity contribution in [2.24, 2.45) is 5.92 Å². The molecule has 1 heterocycles. The number of carbonyl (C=O) groups excluding carboxylic acids is 4. The van der Waals surface area contributed by atoms with Crippen molar-refractivity contribution < 1.29 is 23.9 Å². The zero-order valence-corrected chi connectivity index (χ0v) is 17.9. The maximum atomic E-state index is 12.9. The third kappa shape index (κ3) is 4.81. The number of carbonyl (C=O) groups is 4. The van der Waals surface area contributed by atoms with Gasteiger partial charge in [-0.15, -0.1) is 0 Å². The maximum absolute atomic E-state index is 12.9. The molecule has 7 nitrogen and oxygen atoms in total. The van der Waals surface area contributed by atoms with E-state index in [0.29, 0.717) is 18.0 Å². The van der Waals surface area contributed by atoms with Crippen LogP contribution in [0.25, 0.3) is 0 Å². The van der Waals surface area contributed by atoms with E-state index in [1.807, 2.05) is 0 Å². The molecule has 0 bridgehead atoms. The topological polar surface area (TPSA) is 92.8 Å². The molecule has 2 saturated carbocycles. The van der Waals surface area contributed by atoms with E-state index < -0.39 is 5.97 Å². The fraction of sp³-hybridized carbons (Fsp3) is 0.583. The highest BCUT2D eigenvalue weighted by Crippen LogP contribution is 2.31. The lowest BCUT2D eigenvalue weighted by molar-refractivity contribution is -0.124. The molecule has 2 aliphatic carbocycles. The molecule has 4 rings (SSSR count). The zero-order chi connectivity index (χ0) is 21.8. The summed E-state index contributed by atoms with van der Waals surface area (Å²) in [5.41, 5.74) is 0.745. The number of nitrogens with one attached hydrogen (secondary N) is 1. The first-order valence-corrected chi connectivity index (χ1v) is 11.5. The lowest BCUT2D eigenvalue weighted by Crippen LogP contribution is -2.40. The van der Waals surface area contributed by atoms with Crippen molar-refractivity contribution in [3.05, 3.63) is 34.9 Å². The Balaban J connectivity index is 1.33. The second kappa shape index (κ2) is 9.62. The molecule has 1 aromatic carbocycles. The van der Waals surface area contributed by atoms with E-state index >= 15 is 0 Å². The summed E-state index contributed by atoms with van der Waals surface area (Å²) in [7, 11) is 0. The molecule has 0 radical (unpaired) electrons. The highest BCUT2D eigenvalue weighted by Gasteiger charge is 2.40. The minimum absolute atomic E-state index is 0.0654. The second-order valence-corrected chi connectivity index (χ2v) is 8.92. The van der Waals surface area contributed by atoms with Gasteiger partial charge in [0.25, 0.3) is 17.7 Å². The Bertz CT molecular complexity index is 869. The maximum Gasteiger partial charge on any atom is 0.338 e. The lowest BCUT2D eigenvalue weighted by atomic mass is 9.89. The number of fused-ring (bicyclic) bond motifs is 1. The van der Waals surface area contributed by atoms with E-state index in [2.05, 4.69) is 5.32 Å². The van der Waals surface area contributed by atoms with Crippen LogP contribution in [0.5, 0.6) is 0 Å². The molecule has 3 aliphatic rings. The number of hydrogen-bond acceptors (Lipinski definition) is 5. The van der Waals surface area contributed by atoms with Gasteiger partial charge in [-0.2, -0.15) is 0 Å². The highest BCUT2D eigenvalue weighted by atomic mass is 16.5. The van der Waals surface area contributed by atoms with E-state index in [4.69, 9.17) is 4.74 Å². The van der Waals surface area contributed by atoms with Gasteiger partial charge in [-0.1, -0.05) is 38.5 Å². The minimum Gasteiger partial charge on any atom is -0.452 e. The highest BCUT2D eigenvalue weighted by molar-refractivity contribution is 6.22. The fourth-order valence-electron chi connectivity index (χ4n) is 4.97. The van der Waals surface area contributed by atoms with Crippen LogP contribution in [0.1, 0.15) is 95.3 Å². The van der Waals surface area contributed by atoms with Crippen molar-refractivity contribution in [2.45, 2.75) is 70.3 Å². The lowest BCUT2D eigenvalue weighted by Gasteiger charge is -2.29.